The Morgan fingerprint density at radius 2 is 2.00 bits per heavy atom. The van der Waals surface area contributed by atoms with E-state index in [2.05, 4.69) is 0 Å². The molecule has 0 heterocycles. The number of carbonyl (C=O) groups excluding carboxylic acids is 1. The molecule has 6 heteroatoms. The lowest BCUT2D eigenvalue weighted by atomic mass is 9.90. The Hall–Kier alpha value is -1.53. The molecule has 1 rings (SSSR count). The smallest absolute Gasteiger partial charge is 0.332 e. The normalized spacial score (nSPS) is 14.3. The number of benzene rings is 1. The second-order valence-electron chi connectivity index (χ2n) is 4.65. The summed E-state index contributed by atoms with van der Waals surface area (Å²) in [5.74, 6) is -0.618. The molecule has 1 aromatic carbocycles. The Morgan fingerprint density at radius 1 is 1.40 bits per heavy atom. The number of hydrogen-bond donors (Lipinski definition) is 1. The van der Waals surface area contributed by atoms with Crippen molar-refractivity contribution in [3.63, 3.8) is 0 Å². The van der Waals surface area contributed by atoms with Gasteiger partial charge in [-0.25, -0.2) is 13.6 Å². The molecular weight excluding hydrogens is 266 g/mol. The van der Waals surface area contributed by atoms with Gasteiger partial charge in [0.15, 0.2) is 5.54 Å². The molecule has 1 aromatic rings. The van der Waals surface area contributed by atoms with Gasteiger partial charge in [-0.15, -0.1) is 0 Å². The highest BCUT2D eigenvalue weighted by Gasteiger charge is 2.39. The number of alkyl halides is 2. The average molecular weight is 286 g/mol. The van der Waals surface area contributed by atoms with Crippen LogP contribution in [0.15, 0.2) is 30.3 Å². The highest BCUT2D eigenvalue weighted by molar-refractivity contribution is 5.82. The molecule has 0 aliphatic rings. The number of hydrogen-bond acceptors (Lipinski definition) is 4. The number of halogens is 2. The zero-order valence-electron chi connectivity index (χ0n) is 11.7. The molecule has 4 nitrogen and oxygen atoms in total. The zero-order chi connectivity index (χ0) is 15.2. The van der Waals surface area contributed by atoms with Crippen LogP contribution in [0.4, 0.5) is 8.78 Å². The minimum Gasteiger partial charge on any atom is -0.464 e. The van der Waals surface area contributed by atoms with Gasteiger partial charge < -0.3 is 10.5 Å². The Morgan fingerprint density at radius 3 is 2.50 bits per heavy atom. The van der Waals surface area contributed by atoms with E-state index in [1.807, 2.05) is 0 Å². The van der Waals surface area contributed by atoms with Gasteiger partial charge in [0.05, 0.1) is 13.2 Å². The van der Waals surface area contributed by atoms with Gasteiger partial charge in [0, 0.05) is 6.54 Å². The second kappa shape index (κ2) is 7.31. The third-order valence-corrected chi connectivity index (χ3v) is 2.90. The van der Waals surface area contributed by atoms with Crippen LogP contribution in [0.1, 0.15) is 12.5 Å². The van der Waals surface area contributed by atoms with E-state index in [1.54, 1.807) is 37.3 Å². The third-order valence-electron chi connectivity index (χ3n) is 2.90. The van der Waals surface area contributed by atoms with Crippen LogP contribution in [-0.4, -0.2) is 44.0 Å². The molecule has 1 unspecified atom stereocenters. The molecule has 0 saturated carbocycles. The van der Waals surface area contributed by atoms with Crippen LogP contribution in [-0.2, 0) is 15.1 Å². The first kappa shape index (κ1) is 16.5. The fourth-order valence-electron chi connectivity index (χ4n) is 2.00. The van der Waals surface area contributed by atoms with Crippen LogP contribution < -0.4 is 5.73 Å². The summed E-state index contributed by atoms with van der Waals surface area (Å²) < 4.78 is 29.8. The molecule has 0 aliphatic heterocycles. The fraction of sp³-hybridized carbons (Fsp3) is 0.500. The Balaban J connectivity index is 2.99. The van der Waals surface area contributed by atoms with Gasteiger partial charge in [-0.1, -0.05) is 30.3 Å². The summed E-state index contributed by atoms with van der Waals surface area (Å²) in [7, 11) is 1.50. The van der Waals surface area contributed by atoms with E-state index in [0.717, 1.165) is 0 Å². The standard InChI is InChI=1S/C14H20F2N2O2/c1-3-20-13(19)14(17,10-18(2)9-12(15)16)11-7-5-4-6-8-11/h4-8,12H,3,9-10,17H2,1-2H3. The first-order valence-electron chi connectivity index (χ1n) is 6.38. The van der Waals surface area contributed by atoms with Crippen molar-refractivity contribution in [1.82, 2.24) is 4.90 Å². The van der Waals surface area contributed by atoms with Crippen LogP contribution in [0.3, 0.4) is 0 Å². The number of likely N-dealkylation sites (N-methyl/N-ethyl adjacent to an activating group) is 1. The van der Waals surface area contributed by atoms with Crippen molar-refractivity contribution >= 4 is 5.97 Å². The molecule has 0 aliphatic carbocycles. The highest BCUT2D eigenvalue weighted by Crippen LogP contribution is 2.21. The molecule has 0 radical (unpaired) electrons. The van der Waals surface area contributed by atoms with Gasteiger partial charge in [-0.2, -0.15) is 0 Å². The maximum Gasteiger partial charge on any atom is 0.332 e. The number of nitrogens with zero attached hydrogens (tertiary/aromatic N) is 1. The maximum atomic E-state index is 12.4. The van der Waals surface area contributed by atoms with E-state index in [1.165, 1.54) is 11.9 Å². The lowest BCUT2D eigenvalue weighted by molar-refractivity contribution is -0.151. The summed E-state index contributed by atoms with van der Waals surface area (Å²) in [6, 6.07) is 8.64. The Labute approximate surface area is 117 Å². The van der Waals surface area contributed by atoms with Crippen LogP contribution >= 0.6 is 0 Å². The van der Waals surface area contributed by atoms with E-state index in [-0.39, 0.29) is 13.2 Å². The second-order valence-corrected chi connectivity index (χ2v) is 4.65. The maximum absolute atomic E-state index is 12.4. The molecule has 112 valence electrons. The molecular formula is C14H20F2N2O2. The lowest BCUT2D eigenvalue weighted by Crippen LogP contribution is -2.54. The number of esters is 1. The number of nitrogens with two attached hydrogens (primary N) is 1. The van der Waals surface area contributed by atoms with Crippen molar-refractivity contribution in [2.45, 2.75) is 18.9 Å². The molecule has 1 atom stereocenters. The predicted octanol–water partition coefficient (Wildman–Crippen LogP) is 1.60. The summed E-state index contributed by atoms with van der Waals surface area (Å²) >= 11 is 0. The SMILES string of the molecule is CCOC(=O)C(N)(CN(C)CC(F)F)c1ccccc1. The summed E-state index contributed by atoms with van der Waals surface area (Å²) in [4.78, 5) is 13.5. The van der Waals surface area contributed by atoms with Gasteiger partial charge in [0.1, 0.15) is 0 Å². The largest absolute Gasteiger partial charge is 0.464 e. The monoisotopic (exact) mass is 286 g/mol. The van der Waals surface area contributed by atoms with Crippen molar-refractivity contribution in [2.75, 3.05) is 26.7 Å². The lowest BCUT2D eigenvalue weighted by Gasteiger charge is -2.31. The van der Waals surface area contributed by atoms with Crippen LogP contribution in [0.25, 0.3) is 0 Å². The summed E-state index contributed by atoms with van der Waals surface area (Å²) in [5, 5.41) is 0. The van der Waals surface area contributed by atoms with Crippen molar-refractivity contribution in [2.24, 2.45) is 5.73 Å². The molecule has 0 amide bonds. The molecule has 2 N–H and O–H groups in total. The van der Waals surface area contributed by atoms with Gasteiger partial charge in [-0.05, 0) is 19.5 Å². The minimum atomic E-state index is -2.48. The van der Waals surface area contributed by atoms with E-state index in [4.69, 9.17) is 10.5 Å². The van der Waals surface area contributed by atoms with Crippen LogP contribution in [0, 0.1) is 0 Å². The highest BCUT2D eigenvalue weighted by atomic mass is 19.3. The third kappa shape index (κ3) is 4.25. The summed E-state index contributed by atoms with van der Waals surface area (Å²) in [6.45, 7) is 1.36. The van der Waals surface area contributed by atoms with E-state index >= 15 is 0 Å². The van der Waals surface area contributed by atoms with Gasteiger partial charge in [0.2, 0.25) is 0 Å². The average Bonchev–Trinajstić information content (AvgIpc) is 2.38. The van der Waals surface area contributed by atoms with Crippen molar-refractivity contribution in [3.8, 4) is 0 Å². The number of rotatable bonds is 7. The molecule has 0 saturated heterocycles. The summed E-state index contributed by atoms with van der Waals surface area (Å²) in [5.41, 5.74) is 5.25. The fourth-order valence-corrected chi connectivity index (χ4v) is 2.00. The molecule has 0 aromatic heterocycles. The van der Waals surface area contributed by atoms with Crippen molar-refractivity contribution in [3.05, 3.63) is 35.9 Å². The Bertz CT molecular complexity index is 428. The van der Waals surface area contributed by atoms with E-state index in [9.17, 15) is 13.6 Å². The number of ether oxygens (including phenoxy) is 1. The van der Waals surface area contributed by atoms with E-state index < -0.39 is 24.5 Å². The Kier molecular flexibility index (Phi) is 6.04. The first-order chi connectivity index (χ1) is 9.40. The predicted molar refractivity (Wildman–Crippen MR) is 72.4 cm³/mol. The molecule has 0 bridgehead atoms. The van der Waals surface area contributed by atoms with Gasteiger partial charge in [-0.3, -0.25) is 4.90 Å². The topological polar surface area (TPSA) is 55.6 Å². The zero-order valence-corrected chi connectivity index (χ0v) is 11.7. The van der Waals surface area contributed by atoms with Crippen LogP contribution in [0.5, 0.6) is 0 Å². The molecule has 0 spiro atoms. The first-order valence-corrected chi connectivity index (χ1v) is 6.38. The van der Waals surface area contributed by atoms with Crippen LogP contribution in [0.2, 0.25) is 0 Å². The quantitative estimate of drug-likeness (QED) is 0.774. The number of carbonyl (C=O) groups is 1. The van der Waals surface area contributed by atoms with Gasteiger partial charge >= 0.3 is 5.97 Å². The van der Waals surface area contributed by atoms with Crippen molar-refractivity contribution in [1.29, 1.82) is 0 Å². The van der Waals surface area contributed by atoms with E-state index in [0.29, 0.717) is 5.56 Å². The van der Waals surface area contributed by atoms with Gasteiger partial charge in [0.25, 0.3) is 6.43 Å². The molecule has 20 heavy (non-hydrogen) atoms. The summed E-state index contributed by atoms with van der Waals surface area (Å²) in [6.07, 6.45) is -2.48. The minimum absolute atomic E-state index is 0.0415. The van der Waals surface area contributed by atoms with Crippen molar-refractivity contribution < 1.29 is 18.3 Å². The molecule has 0 fully saturated rings.